The first-order chi connectivity index (χ1) is 52.2. The molecule has 113 heavy (non-hydrogen) atoms. The van der Waals surface area contributed by atoms with Crippen LogP contribution in [0.15, 0.2) is 53.5 Å². The van der Waals surface area contributed by atoms with Gasteiger partial charge in [-0.25, -0.2) is 14.4 Å². The van der Waals surface area contributed by atoms with E-state index in [1.807, 2.05) is 92.6 Å². The standard InChI is InChI=1S/C23H35N3O2.C18H32N2O3.C13H24N2O.C11H13NO.C10H20N2O2.C8H13ClO.C4H8O.2CH4.2ClH/c1-18(2)20-9-11-21(12-10-20)24-23(28)26-15-5-14-25(16-17-26)22(27)13-8-19-6-3-4-7-19;1-18(2,3)23-17(22)20-12-6-11-19(13-14-20)16(21)10-9-15-7-4-5-8-15;16-13(7-6-12-4-1-2-5-12)15-10-3-8-14-9-11-15;1-9(2)10-3-5-11(6-4-10)12-7-8-13;1-10(2,3)14-9(13)12-7-4-5-11-6-8-12;9-8(10)6-5-7-3-1-2-4-7;1-2-4-5-3-1;;;;/h9-12,18-19H,3-8,13-17H2,1-2H3,(H,24,28);15H,4-14H2,1-3H3;12,14H,1-11H2;3-9H,1-2H3;11H,4-8H2,1-3H3;7H,1-6H2;1-4H2;2*1H4;2*1H. The van der Waals surface area contributed by atoms with Crippen molar-refractivity contribution in [3.05, 3.63) is 59.7 Å². The molecule has 2 aromatic carbocycles. The van der Waals surface area contributed by atoms with Gasteiger partial charge in [0.2, 0.25) is 23.0 Å². The Bertz CT molecular complexity index is 2920. The van der Waals surface area contributed by atoms with Gasteiger partial charge in [-0.3, -0.25) is 29.0 Å². The third-order valence-electron chi connectivity index (χ3n) is 21.8. The molecular formula is C89H155Cl3N10O11. The van der Waals surface area contributed by atoms with E-state index in [4.69, 9.17) is 25.8 Å². The summed E-state index contributed by atoms with van der Waals surface area (Å²) in [5.74, 6) is 5.05. The lowest BCUT2D eigenvalue weighted by molar-refractivity contribution is -0.132. The topological polar surface area (TPSA) is 232 Å². The molecule has 2 aromatic rings. The molecule has 0 bridgehead atoms. The van der Waals surface area contributed by atoms with E-state index >= 15 is 0 Å². The van der Waals surface area contributed by atoms with Crippen molar-refractivity contribution < 1.29 is 52.6 Å². The lowest BCUT2D eigenvalue weighted by atomic mass is 10.0. The smallest absolute Gasteiger partial charge is 0.410 e. The fourth-order valence-electron chi connectivity index (χ4n) is 15.2. The van der Waals surface area contributed by atoms with Gasteiger partial charge in [0.05, 0.1) is 11.9 Å². The van der Waals surface area contributed by atoms with Gasteiger partial charge in [0.15, 0.2) is 6.29 Å². The highest BCUT2D eigenvalue weighted by Gasteiger charge is 2.29. The number of amides is 7. The summed E-state index contributed by atoms with van der Waals surface area (Å²) in [5.41, 5.74) is 3.32. The normalized spacial score (nSPS) is 18.5. The van der Waals surface area contributed by atoms with Gasteiger partial charge < -0.3 is 59.6 Å². The van der Waals surface area contributed by atoms with Gasteiger partial charge in [0, 0.05) is 136 Å². The molecule has 648 valence electrons. The third kappa shape index (κ3) is 46.8. The molecule has 0 atom stereocenters. The van der Waals surface area contributed by atoms with Crippen LogP contribution in [-0.2, 0) is 38.2 Å². The highest BCUT2D eigenvalue weighted by atomic mass is 35.5. The van der Waals surface area contributed by atoms with E-state index in [2.05, 4.69) is 65.7 Å². The van der Waals surface area contributed by atoms with Crippen molar-refractivity contribution in [1.29, 1.82) is 0 Å². The van der Waals surface area contributed by atoms with Crippen LogP contribution in [-0.4, -0.2) is 212 Å². The number of carbonyl (C=O) groups is 8. The number of rotatable bonds is 17. The summed E-state index contributed by atoms with van der Waals surface area (Å²) < 4.78 is 15.7. The van der Waals surface area contributed by atoms with E-state index in [9.17, 15) is 38.4 Å². The number of anilines is 1. The summed E-state index contributed by atoms with van der Waals surface area (Å²) >= 11 is 5.22. The summed E-state index contributed by atoms with van der Waals surface area (Å²) in [5, 5.41) is 9.40. The van der Waals surface area contributed by atoms with Crippen molar-refractivity contribution in [2.75, 3.05) is 123 Å². The highest BCUT2D eigenvalue weighted by molar-refractivity contribution is 6.63. The van der Waals surface area contributed by atoms with Crippen molar-refractivity contribution in [1.82, 2.24) is 40.0 Å². The number of aldehydes is 1. The number of hydrogen-bond acceptors (Lipinski definition) is 14. The number of urea groups is 1. The second kappa shape index (κ2) is 60.0. The summed E-state index contributed by atoms with van der Waals surface area (Å²) in [6, 6.07) is 15.9. The largest absolute Gasteiger partial charge is 0.444 e. The van der Waals surface area contributed by atoms with Gasteiger partial charge in [-0.05, 0) is 201 Å². The van der Waals surface area contributed by atoms with E-state index in [-0.39, 0.29) is 74.9 Å². The number of benzene rings is 2. The Morgan fingerprint density at radius 1 is 0.451 bits per heavy atom. The number of aliphatic imine (C=N–C) groups is 1. The molecule has 3 N–H and O–H groups in total. The lowest BCUT2D eigenvalue weighted by Crippen LogP contribution is -2.40. The minimum Gasteiger partial charge on any atom is -0.444 e. The van der Waals surface area contributed by atoms with Crippen LogP contribution in [0.5, 0.6) is 0 Å². The van der Waals surface area contributed by atoms with Gasteiger partial charge in [-0.2, -0.15) is 0 Å². The van der Waals surface area contributed by atoms with Gasteiger partial charge >= 0.3 is 18.2 Å². The number of hydrogen-bond donors (Lipinski definition) is 3. The molecule has 21 nitrogen and oxygen atoms in total. The molecule has 0 spiro atoms. The first kappa shape index (κ1) is 105. The molecule has 5 aliphatic heterocycles. The van der Waals surface area contributed by atoms with Crippen LogP contribution < -0.4 is 16.0 Å². The molecule has 11 rings (SSSR count). The Morgan fingerprint density at radius 2 is 0.779 bits per heavy atom. The number of carbonyl (C=O) groups excluding carboxylic acids is 8. The molecule has 0 radical (unpaired) electrons. The summed E-state index contributed by atoms with van der Waals surface area (Å²) in [6.45, 7) is 34.5. The van der Waals surface area contributed by atoms with E-state index in [1.54, 1.807) is 9.80 Å². The number of nitrogens with zero attached hydrogens (tertiary/aromatic N) is 7. The minimum absolute atomic E-state index is 0. The fraction of sp³-hybridized carbons (Fsp3) is 0.764. The van der Waals surface area contributed by atoms with Crippen LogP contribution in [0.3, 0.4) is 0 Å². The zero-order chi connectivity index (χ0) is 79.2. The second-order valence-corrected chi connectivity index (χ2v) is 34.2. The molecule has 9 fully saturated rings. The van der Waals surface area contributed by atoms with Gasteiger partial charge in [-0.15, -0.1) is 24.8 Å². The first-order valence-electron chi connectivity index (χ1n) is 42.5. The predicted octanol–water partition coefficient (Wildman–Crippen LogP) is 19.6. The average Bonchev–Trinajstić information content (AvgIpc) is 1.86. The van der Waals surface area contributed by atoms with Gasteiger partial charge in [0.25, 0.3) is 0 Å². The van der Waals surface area contributed by atoms with Crippen LogP contribution in [0.2, 0.25) is 0 Å². The average molecular weight is 1650 g/mol. The van der Waals surface area contributed by atoms with Crippen molar-refractivity contribution in [2.24, 2.45) is 28.7 Å². The zero-order valence-electron chi connectivity index (χ0n) is 70.0. The van der Waals surface area contributed by atoms with Crippen molar-refractivity contribution in [2.45, 2.75) is 300 Å². The Labute approximate surface area is 701 Å². The van der Waals surface area contributed by atoms with E-state index < -0.39 is 11.2 Å². The molecule has 4 aliphatic carbocycles. The molecule has 0 unspecified atom stereocenters. The second-order valence-electron chi connectivity index (χ2n) is 33.8. The molecule has 0 aromatic heterocycles. The molecule has 9 aliphatic rings. The van der Waals surface area contributed by atoms with Crippen LogP contribution in [0.4, 0.5) is 25.8 Å². The molecule has 4 saturated carbocycles. The van der Waals surface area contributed by atoms with E-state index in [0.717, 1.165) is 171 Å². The van der Waals surface area contributed by atoms with E-state index in [0.29, 0.717) is 82.6 Å². The van der Waals surface area contributed by atoms with Gasteiger partial charge in [-0.1, -0.05) is 170 Å². The fourth-order valence-corrected chi connectivity index (χ4v) is 15.3. The predicted molar refractivity (Wildman–Crippen MR) is 469 cm³/mol. The Hall–Kier alpha value is -5.58. The first-order valence-corrected chi connectivity index (χ1v) is 42.8. The molecule has 5 heterocycles. The summed E-state index contributed by atoms with van der Waals surface area (Å²) in [7, 11) is 0. The van der Waals surface area contributed by atoms with Crippen molar-refractivity contribution >= 4 is 101 Å². The number of halogens is 3. The highest BCUT2D eigenvalue weighted by Crippen LogP contribution is 2.32. The lowest BCUT2D eigenvalue weighted by Gasteiger charge is -2.26. The maximum Gasteiger partial charge on any atom is 0.410 e. The molecule has 24 heteroatoms. The minimum atomic E-state index is -0.472. The number of nitrogens with one attached hydrogen (secondary N) is 3. The van der Waals surface area contributed by atoms with Crippen molar-refractivity contribution in [3.8, 4) is 0 Å². The van der Waals surface area contributed by atoms with Crippen LogP contribution in [0.25, 0.3) is 0 Å². The van der Waals surface area contributed by atoms with Crippen molar-refractivity contribution in [3.63, 3.8) is 0 Å². The molecule has 7 amide bonds. The van der Waals surface area contributed by atoms with Crippen LogP contribution >= 0.6 is 36.4 Å². The summed E-state index contributed by atoms with van der Waals surface area (Å²) in [4.78, 5) is 109. The monoisotopic (exact) mass is 1650 g/mol. The van der Waals surface area contributed by atoms with Crippen LogP contribution in [0, 0.1) is 23.7 Å². The quantitative estimate of drug-likeness (QED) is 0.0761. The Kier molecular flexibility index (Phi) is 56.0. The Morgan fingerprint density at radius 3 is 1.15 bits per heavy atom. The SMILES string of the molecule is C.C.C1CCOC1.CC(C)(C)OC(=O)N1CCCN(C(=O)CCC2CCCC2)CC1.CC(C)(C)OC(=O)N1CCCNCC1.CC(C)c1ccc(N=CC=O)cc1.CC(C)c1ccc(NC(=O)N2CCCN(C(=O)CCC3CCCC3)CC2)cc1.Cl.Cl.O=C(CCC1CCCC1)N1CCCNCC1.O=C(Cl)CCC1CCCC1. The maximum absolute atomic E-state index is 12.6. The van der Waals surface area contributed by atoms with E-state index in [1.165, 1.54) is 133 Å². The Balaban J connectivity index is 0.000000683. The summed E-state index contributed by atoms with van der Waals surface area (Å²) in [6.07, 6.45) is 36.0. The molecular weight excluding hydrogens is 1490 g/mol. The zero-order valence-corrected chi connectivity index (χ0v) is 72.4. The third-order valence-corrected chi connectivity index (χ3v) is 22.0. The number of ether oxygens (including phenoxy) is 3. The van der Waals surface area contributed by atoms with Crippen LogP contribution in [0.1, 0.15) is 300 Å². The van der Waals surface area contributed by atoms with Gasteiger partial charge in [0.1, 0.15) is 11.2 Å². The maximum atomic E-state index is 12.6. The molecule has 5 saturated heterocycles.